The van der Waals surface area contributed by atoms with Gasteiger partial charge in [0.05, 0.1) is 11.9 Å². The molecule has 1 aliphatic carbocycles. The number of nitrogens with one attached hydrogen (secondary N) is 1. The van der Waals surface area contributed by atoms with E-state index in [0.717, 1.165) is 44.4 Å². The number of piperazine rings is 1. The van der Waals surface area contributed by atoms with Gasteiger partial charge in [0.2, 0.25) is 5.91 Å². The van der Waals surface area contributed by atoms with Crippen molar-refractivity contribution in [2.24, 2.45) is 0 Å². The van der Waals surface area contributed by atoms with Crippen LogP contribution >= 0.6 is 0 Å². The number of hydrogen-bond acceptors (Lipinski definition) is 4. The van der Waals surface area contributed by atoms with Crippen LogP contribution in [0.2, 0.25) is 0 Å². The summed E-state index contributed by atoms with van der Waals surface area (Å²) in [6.45, 7) is 3.44. The van der Waals surface area contributed by atoms with Crippen molar-refractivity contribution < 1.29 is 9.59 Å². The largest absolute Gasteiger partial charge is 0.339 e. The van der Waals surface area contributed by atoms with Crippen LogP contribution in [0.25, 0.3) is 10.8 Å². The Kier molecular flexibility index (Phi) is 4.75. The number of benzene rings is 2. The molecular weight excluding hydrogens is 378 g/mol. The van der Waals surface area contributed by atoms with Gasteiger partial charge in [0.1, 0.15) is 6.54 Å². The van der Waals surface area contributed by atoms with Crippen molar-refractivity contribution >= 4 is 28.3 Å². The molecule has 5 rings (SSSR count). The highest BCUT2D eigenvalue weighted by Crippen LogP contribution is 2.33. The lowest BCUT2D eigenvalue weighted by atomic mass is 9.99. The van der Waals surface area contributed by atoms with Crippen LogP contribution in [0.4, 0.5) is 5.69 Å². The van der Waals surface area contributed by atoms with Gasteiger partial charge in [-0.1, -0.05) is 24.3 Å². The van der Waals surface area contributed by atoms with E-state index in [9.17, 15) is 9.59 Å². The van der Waals surface area contributed by atoms with Crippen LogP contribution in [0.1, 0.15) is 21.5 Å². The summed E-state index contributed by atoms with van der Waals surface area (Å²) in [5.74, 6) is -0.105. The van der Waals surface area contributed by atoms with Crippen molar-refractivity contribution in [3.8, 4) is 0 Å². The molecule has 0 atom stereocenters. The number of likely N-dealkylation sites (N-methyl/N-ethyl adjacent to an activating group) is 1. The Morgan fingerprint density at radius 3 is 2.60 bits per heavy atom. The molecule has 1 saturated heterocycles. The molecule has 2 heterocycles. The van der Waals surface area contributed by atoms with E-state index in [4.69, 9.17) is 0 Å². The van der Waals surface area contributed by atoms with Crippen LogP contribution in [0.15, 0.2) is 42.7 Å². The molecule has 0 unspecified atom stereocenters. The Bertz CT molecular complexity index is 1120. The first-order valence-electron chi connectivity index (χ1n) is 10.4. The highest BCUT2D eigenvalue weighted by molar-refractivity contribution is 6.14. The summed E-state index contributed by atoms with van der Waals surface area (Å²) in [4.78, 5) is 29.5. The van der Waals surface area contributed by atoms with Gasteiger partial charge in [0.15, 0.2) is 0 Å². The van der Waals surface area contributed by atoms with Crippen LogP contribution in [0.5, 0.6) is 0 Å². The number of rotatable bonds is 4. The monoisotopic (exact) mass is 403 g/mol. The standard InChI is InChI=1S/C23H25N5O2/c1-26-9-11-27(12-10-26)21(29)15-28-14-18(13-24-28)25-23(30)20-8-7-17-6-5-16-3-2-4-19(20)22(16)17/h2-4,7-8,13-14H,5-6,9-12,15H2,1H3,(H,25,30). The van der Waals surface area contributed by atoms with E-state index in [0.29, 0.717) is 11.3 Å². The molecule has 2 aromatic carbocycles. The molecule has 154 valence electrons. The zero-order chi connectivity index (χ0) is 20.7. The molecule has 2 aliphatic rings. The number of amides is 2. The molecule has 0 radical (unpaired) electrons. The third kappa shape index (κ3) is 3.45. The SMILES string of the molecule is CN1CCN(C(=O)Cn2cc(NC(=O)c3ccc4c5c(cccc35)CC4)cn2)CC1. The van der Waals surface area contributed by atoms with Crippen molar-refractivity contribution in [3.05, 3.63) is 59.4 Å². The van der Waals surface area contributed by atoms with Crippen LogP contribution in [0, 0.1) is 0 Å². The maximum absolute atomic E-state index is 13.0. The predicted octanol–water partition coefficient (Wildman–Crippen LogP) is 2.16. The van der Waals surface area contributed by atoms with Crippen LogP contribution < -0.4 is 5.32 Å². The Hall–Kier alpha value is -3.19. The molecule has 2 amide bonds. The second kappa shape index (κ2) is 7.57. The number of aryl methyl sites for hydroxylation is 2. The maximum Gasteiger partial charge on any atom is 0.256 e. The zero-order valence-electron chi connectivity index (χ0n) is 17.1. The average molecular weight is 403 g/mol. The lowest BCUT2D eigenvalue weighted by Gasteiger charge is -2.32. The summed E-state index contributed by atoms with van der Waals surface area (Å²) in [5.41, 5.74) is 3.88. The number of aromatic nitrogens is 2. The van der Waals surface area contributed by atoms with E-state index in [1.165, 1.54) is 16.5 Å². The lowest BCUT2D eigenvalue weighted by Crippen LogP contribution is -2.48. The molecule has 1 aliphatic heterocycles. The summed E-state index contributed by atoms with van der Waals surface area (Å²) in [7, 11) is 2.06. The number of hydrogen-bond donors (Lipinski definition) is 1. The summed E-state index contributed by atoms with van der Waals surface area (Å²) in [6.07, 6.45) is 5.37. The molecule has 3 aromatic rings. The van der Waals surface area contributed by atoms with Crippen LogP contribution in [-0.4, -0.2) is 64.6 Å². The third-order valence-corrected chi connectivity index (χ3v) is 6.17. The fraction of sp³-hybridized carbons (Fsp3) is 0.348. The van der Waals surface area contributed by atoms with Crippen molar-refractivity contribution in [1.82, 2.24) is 19.6 Å². The molecule has 0 bridgehead atoms. The summed E-state index contributed by atoms with van der Waals surface area (Å²) >= 11 is 0. The summed E-state index contributed by atoms with van der Waals surface area (Å²) < 4.78 is 1.59. The molecule has 30 heavy (non-hydrogen) atoms. The van der Waals surface area contributed by atoms with Crippen molar-refractivity contribution in [2.75, 3.05) is 38.5 Å². The Morgan fingerprint density at radius 1 is 1.03 bits per heavy atom. The fourth-order valence-electron chi connectivity index (χ4n) is 4.45. The number of nitrogens with zero attached hydrogens (tertiary/aromatic N) is 4. The van der Waals surface area contributed by atoms with Crippen LogP contribution in [0.3, 0.4) is 0 Å². The fourth-order valence-corrected chi connectivity index (χ4v) is 4.45. The van der Waals surface area contributed by atoms with E-state index in [1.54, 1.807) is 17.1 Å². The first kappa shape index (κ1) is 18.8. The molecule has 0 saturated carbocycles. The van der Waals surface area contributed by atoms with Crippen molar-refractivity contribution in [1.29, 1.82) is 0 Å². The minimum Gasteiger partial charge on any atom is -0.339 e. The topological polar surface area (TPSA) is 70.5 Å². The maximum atomic E-state index is 13.0. The summed E-state index contributed by atoms with van der Waals surface area (Å²) in [6, 6.07) is 10.1. The Labute approximate surface area is 175 Å². The minimum absolute atomic E-state index is 0.0524. The van der Waals surface area contributed by atoms with Crippen molar-refractivity contribution in [2.45, 2.75) is 19.4 Å². The van der Waals surface area contributed by atoms with E-state index in [-0.39, 0.29) is 18.4 Å². The first-order chi connectivity index (χ1) is 14.6. The number of carbonyl (C=O) groups is 2. The Morgan fingerprint density at radius 2 is 1.80 bits per heavy atom. The van der Waals surface area contributed by atoms with E-state index < -0.39 is 0 Å². The van der Waals surface area contributed by atoms with Gasteiger partial charge in [-0.2, -0.15) is 5.10 Å². The highest BCUT2D eigenvalue weighted by Gasteiger charge is 2.21. The van der Waals surface area contributed by atoms with Gasteiger partial charge in [0.25, 0.3) is 5.91 Å². The highest BCUT2D eigenvalue weighted by atomic mass is 16.2. The second-order valence-electron chi connectivity index (χ2n) is 8.18. The molecule has 1 fully saturated rings. The zero-order valence-corrected chi connectivity index (χ0v) is 17.1. The Balaban J connectivity index is 1.29. The lowest BCUT2D eigenvalue weighted by molar-refractivity contribution is -0.133. The van der Waals surface area contributed by atoms with Gasteiger partial charge < -0.3 is 15.1 Å². The molecule has 0 spiro atoms. The van der Waals surface area contributed by atoms with Gasteiger partial charge in [-0.05, 0) is 47.9 Å². The first-order valence-corrected chi connectivity index (χ1v) is 10.4. The molecular formula is C23H25N5O2. The normalized spacial score (nSPS) is 16.2. The van der Waals surface area contributed by atoms with Gasteiger partial charge in [-0.15, -0.1) is 0 Å². The van der Waals surface area contributed by atoms with E-state index in [2.05, 4.69) is 34.5 Å². The summed E-state index contributed by atoms with van der Waals surface area (Å²) in [5, 5.41) is 9.41. The number of anilines is 1. The van der Waals surface area contributed by atoms with Gasteiger partial charge in [0, 0.05) is 37.9 Å². The van der Waals surface area contributed by atoms with E-state index in [1.807, 2.05) is 23.1 Å². The van der Waals surface area contributed by atoms with Gasteiger partial charge in [-0.25, -0.2) is 0 Å². The second-order valence-corrected chi connectivity index (χ2v) is 8.18. The van der Waals surface area contributed by atoms with Crippen molar-refractivity contribution in [3.63, 3.8) is 0 Å². The van der Waals surface area contributed by atoms with Crippen LogP contribution in [-0.2, 0) is 24.2 Å². The number of carbonyl (C=O) groups excluding carboxylic acids is 2. The smallest absolute Gasteiger partial charge is 0.256 e. The third-order valence-electron chi connectivity index (χ3n) is 6.17. The minimum atomic E-state index is -0.157. The average Bonchev–Trinajstić information content (AvgIpc) is 3.37. The molecule has 1 N–H and O–H groups in total. The molecule has 1 aromatic heterocycles. The van der Waals surface area contributed by atoms with E-state index >= 15 is 0 Å². The van der Waals surface area contributed by atoms with Gasteiger partial charge >= 0.3 is 0 Å². The predicted molar refractivity (Wildman–Crippen MR) is 116 cm³/mol. The molecule has 7 heteroatoms. The molecule has 7 nitrogen and oxygen atoms in total. The quantitative estimate of drug-likeness (QED) is 0.725. The van der Waals surface area contributed by atoms with Gasteiger partial charge in [-0.3, -0.25) is 14.3 Å².